The Morgan fingerprint density at radius 2 is 2.31 bits per heavy atom. The molecule has 1 aromatic carbocycles. The maximum absolute atomic E-state index is 5.56. The summed E-state index contributed by atoms with van der Waals surface area (Å²) in [4.78, 5) is 3.01. The maximum Gasteiger partial charge on any atom is 0.0745 e. The van der Waals surface area contributed by atoms with Gasteiger partial charge in [-0.25, -0.2) is 0 Å². The van der Waals surface area contributed by atoms with E-state index in [0.717, 1.165) is 19.5 Å². The van der Waals surface area contributed by atoms with Crippen molar-refractivity contribution in [2.24, 2.45) is 5.73 Å². The van der Waals surface area contributed by atoms with E-state index < -0.39 is 0 Å². The lowest BCUT2D eigenvalue weighted by Gasteiger charge is -2.31. The van der Waals surface area contributed by atoms with Crippen LogP contribution in [-0.4, -0.2) is 18.1 Å². The van der Waals surface area contributed by atoms with E-state index in [4.69, 9.17) is 18.0 Å². The second-order valence-corrected chi connectivity index (χ2v) is 4.96. The van der Waals surface area contributed by atoms with Crippen LogP contribution in [0.25, 0.3) is 0 Å². The number of fused-ring (bicyclic) bond motifs is 1. The summed E-state index contributed by atoms with van der Waals surface area (Å²) >= 11 is 4.93. The van der Waals surface area contributed by atoms with Crippen LogP contribution in [0.5, 0.6) is 0 Å². The third-order valence-electron chi connectivity index (χ3n) is 3.08. The topological polar surface area (TPSA) is 29.3 Å². The van der Waals surface area contributed by atoms with E-state index >= 15 is 0 Å². The van der Waals surface area contributed by atoms with Gasteiger partial charge in [0.15, 0.2) is 0 Å². The predicted molar refractivity (Wildman–Crippen MR) is 73.1 cm³/mol. The molecule has 0 unspecified atom stereocenters. The highest BCUT2D eigenvalue weighted by Crippen LogP contribution is 2.27. The lowest BCUT2D eigenvalue weighted by molar-refractivity contribution is 0.697. The molecule has 0 bridgehead atoms. The van der Waals surface area contributed by atoms with Crippen LogP contribution in [0.2, 0.25) is 0 Å². The molecule has 0 fully saturated rings. The van der Waals surface area contributed by atoms with Gasteiger partial charge in [-0.2, -0.15) is 0 Å². The van der Waals surface area contributed by atoms with Crippen LogP contribution in [0.1, 0.15) is 24.0 Å². The molecule has 16 heavy (non-hydrogen) atoms. The molecule has 1 aliphatic rings. The second-order valence-electron chi connectivity index (χ2n) is 4.44. The third-order valence-corrected chi connectivity index (χ3v) is 3.28. The van der Waals surface area contributed by atoms with Crippen LogP contribution in [0.15, 0.2) is 18.2 Å². The van der Waals surface area contributed by atoms with Crippen molar-refractivity contribution in [1.29, 1.82) is 0 Å². The Morgan fingerprint density at radius 1 is 1.50 bits per heavy atom. The van der Waals surface area contributed by atoms with Crippen molar-refractivity contribution in [2.45, 2.75) is 26.2 Å². The van der Waals surface area contributed by atoms with Crippen molar-refractivity contribution in [3.63, 3.8) is 0 Å². The van der Waals surface area contributed by atoms with Crippen LogP contribution < -0.4 is 10.6 Å². The van der Waals surface area contributed by atoms with E-state index in [9.17, 15) is 0 Å². The summed E-state index contributed by atoms with van der Waals surface area (Å²) < 4.78 is 0. The fourth-order valence-corrected chi connectivity index (χ4v) is 2.37. The summed E-state index contributed by atoms with van der Waals surface area (Å²) in [6.45, 7) is 4.22. The van der Waals surface area contributed by atoms with Gasteiger partial charge in [-0.1, -0.05) is 29.9 Å². The Bertz CT molecular complexity index is 401. The summed E-state index contributed by atoms with van der Waals surface area (Å²) in [7, 11) is 0. The number of nitrogens with two attached hydrogens (primary N) is 1. The fourth-order valence-electron chi connectivity index (χ4n) is 2.28. The van der Waals surface area contributed by atoms with E-state index in [-0.39, 0.29) is 0 Å². The quantitative estimate of drug-likeness (QED) is 0.814. The first kappa shape index (κ1) is 11.4. The Kier molecular flexibility index (Phi) is 3.44. The summed E-state index contributed by atoms with van der Waals surface area (Å²) in [5, 5.41) is 0. The van der Waals surface area contributed by atoms with Gasteiger partial charge in [0.25, 0.3) is 0 Å². The van der Waals surface area contributed by atoms with Crippen molar-refractivity contribution in [1.82, 2.24) is 0 Å². The molecule has 2 rings (SSSR count). The molecule has 0 saturated carbocycles. The van der Waals surface area contributed by atoms with Crippen molar-refractivity contribution in [3.05, 3.63) is 29.3 Å². The summed E-state index contributed by atoms with van der Waals surface area (Å²) in [6, 6.07) is 6.70. The first-order chi connectivity index (χ1) is 7.66. The zero-order valence-corrected chi connectivity index (χ0v) is 10.5. The number of hydrogen-bond acceptors (Lipinski definition) is 2. The SMILES string of the molecule is Cc1ccc2c(c1)CCCN2CCC(N)=S. The average molecular weight is 234 g/mol. The summed E-state index contributed by atoms with van der Waals surface area (Å²) in [5.74, 6) is 0. The minimum Gasteiger partial charge on any atom is -0.393 e. The van der Waals surface area contributed by atoms with Gasteiger partial charge in [0.2, 0.25) is 0 Å². The van der Waals surface area contributed by atoms with Crippen molar-refractivity contribution in [3.8, 4) is 0 Å². The Hall–Kier alpha value is -1.09. The van der Waals surface area contributed by atoms with E-state index in [0.29, 0.717) is 4.99 Å². The second kappa shape index (κ2) is 4.83. The lowest BCUT2D eigenvalue weighted by Crippen LogP contribution is -2.32. The summed E-state index contributed by atoms with van der Waals surface area (Å²) in [6.07, 6.45) is 3.23. The molecule has 0 radical (unpaired) electrons. The predicted octanol–water partition coefficient (Wildman–Crippen LogP) is 2.42. The van der Waals surface area contributed by atoms with Gasteiger partial charge in [0, 0.05) is 25.2 Å². The lowest BCUT2D eigenvalue weighted by atomic mass is 9.99. The van der Waals surface area contributed by atoms with Gasteiger partial charge in [-0.15, -0.1) is 0 Å². The number of thiocarbonyl (C=S) groups is 1. The zero-order valence-electron chi connectivity index (χ0n) is 9.70. The number of aryl methyl sites for hydroxylation is 2. The Balaban J connectivity index is 2.16. The molecular weight excluding hydrogens is 216 g/mol. The normalized spacial score (nSPS) is 14.7. The van der Waals surface area contributed by atoms with Gasteiger partial charge in [0.05, 0.1) is 4.99 Å². The first-order valence-electron chi connectivity index (χ1n) is 5.79. The van der Waals surface area contributed by atoms with Crippen LogP contribution in [0.3, 0.4) is 0 Å². The molecule has 1 heterocycles. The van der Waals surface area contributed by atoms with Gasteiger partial charge in [0.1, 0.15) is 0 Å². The van der Waals surface area contributed by atoms with Crippen molar-refractivity contribution in [2.75, 3.05) is 18.0 Å². The highest BCUT2D eigenvalue weighted by molar-refractivity contribution is 7.80. The molecule has 3 heteroatoms. The molecule has 2 N–H and O–H groups in total. The molecule has 2 nitrogen and oxygen atoms in total. The molecule has 0 aromatic heterocycles. The van der Waals surface area contributed by atoms with Gasteiger partial charge < -0.3 is 10.6 Å². The molecule has 0 saturated heterocycles. The fraction of sp³-hybridized carbons (Fsp3) is 0.462. The number of benzene rings is 1. The minimum absolute atomic E-state index is 0.610. The highest BCUT2D eigenvalue weighted by atomic mass is 32.1. The number of hydrogen-bond donors (Lipinski definition) is 1. The average Bonchev–Trinajstić information content (AvgIpc) is 2.25. The van der Waals surface area contributed by atoms with Crippen LogP contribution in [0, 0.1) is 6.92 Å². The minimum atomic E-state index is 0.610. The largest absolute Gasteiger partial charge is 0.393 e. The number of nitrogens with zero attached hydrogens (tertiary/aromatic N) is 1. The monoisotopic (exact) mass is 234 g/mol. The van der Waals surface area contributed by atoms with Crippen LogP contribution >= 0.6 is 12.2 Å². The maximum atomic E-state index is 5.56. The van der Waals surface area contributed by atoms with E-state index in [1.807, 2.05) is 0 Å². The standard InChI is InChI=1S/C13H18N2S/c1-10-4-5-12-11(9-10)3-2-7-15(12)8-6-13(14)16/h4-5,9H,2-3,6-8H2,1H3,(H2,14,16). The molecule has 0 atom stereocenters. The van der Waals surface area contributed by atoms with E-state index in [1.54, 1.807) is 0 Å². The summed E-state index contributed by atoms with van der Waals surface area (Å²) in [5.41, 5.74) is 9.74. The smallest absolute Gasteiger partial charge is 0.0745 e. The molecule has 0 aliphatic carbocycles. The van der Waals surface area contributed by atoms with Gasteiger partial charge in [-0.3, -0.25) is 0 Å². The van der Waals surface area contributed by atoms with Gasteiger partial charge >= 0.3 is 0 Å². The molecule has 0 amide bonds. The molecular formula is C13H18N2S. The number of anilines is 1. The Morgan fingerprint density at radius 3 is 3.06 bits per heavy atom. The van der Waals surface area contributed by atoms with Crippen LogP contribution in [0.4, 0.5) is 5.69 Å². The highest BCUT2D eigenvalue weighted by Gasteiger charge is 2.16. The number of rotatable bonds is 3. The molecule has 86 valence electrons. The van der Waals surface area contributed by atoms with E-state index in [2.05, 4.69) is 30.0 Å². The third kappa shape index (κ3) is 2.53. The molecule has 1 aromatic rings. The van der Waals surface area contributed by atoms with E-state index in [1.165, 1.54) is 29.7 Å². The van der Waals surface area contributed by atoms with Gasteiger partial charge in [-0.05, 0) is 31.4 Å². The molecule has 1 aliphatic heterocycles. The first-order valence-corrected chi connectivity index (χ1v) is 6.20. The Labute approximate surface area is 102 Å². The van der Waals surface area contributed by atoms with Crippen molar-refractivity contribution >= 4 is 22.9 Å². The molecule has 0 spiro atoms. The zero-order chi connectivity index (χ0) is 11.5. The van der Waals surface area contributed by atoms with Crippen LogP contribution in [-0.2, 0) is 6.42 Å². The van der Waals surface area contributed by atoms with Crippen molar-refractivity contribution < 1.29 is 0 Å².